The maximum atomic E-state index is 13.0. The van der Waals surface area contributed by atoms with Crippen molar-refractivity contribution >= 4 is 11.9 Å². The van der Waals surface area contributed by atoms with Gasteiger partial charge in [-0.3, -0.25) is 4.79 Å². The SMILES string of the molecule is Cc1cc2c(cc1C)C(=O)/C(=C/c1cn(-c3ccccc3)nc1-c1ccccc1)O2. The Kier molecular flexibility index (Phi) is 4.32. The minimum absolute atomic E-state index is 0.0976. The van der Waals surface area contributed by atoms with Gasteiger partial charge in [-0.1, -0.05) is 48.5 Å². The highest BCUT2D eigenvalue weighted by Crippen LogP contribution is 2.35. The number of Topliss-reactive ketones (excluding diaryl/α,β-unsaturated/α-hetero) is 1. The van der Waals surface area contributed by atoms with Gasteiger partial charge in [-0.05, 0) is 55.3 Å². The third-order valence-corrected chi connectivity index (χ3v) is 5.38. The molecule has 2 heterocycles. The summed E-state index contributed by atoms with van der Waals surface area (Å²) in [5.41, 5.74) is 6.35. The van der Waals surface area contributed by atoms with E-state index < -0.39 is 0 Å². The van der Waals surface area contributed by atoms with Crippen molar-refractivity contribution in [1.82, 2.24) is 9.78 Å². The number of carbonyl (C=O) groups is 1. The molecule has 1 aliphatic rings. The number of ketones is 1. The van der Waals surface area contributed by atoms with E-state index in [2.05, 4.69) is 0 Å². The summed E-state index contributed by atoms with van der Waals surface area (Å²) in [5.74, 6) is 0.838. The molecule has 0 saturated heterocycles. The zero-order valence-electron chi connectivity index (χ0n) is 16.8. The molecule has 3 aromatic carbocycles. The van der Waals surface area contributed by atoms with Crippen LogP contribution in [0, 0.1) is 13.8 Å². The fourth-order valence-electron chi connectivity index (χ4n) is 3.61. The third-order valence-electron chi connectivity index (χ3n) is 5.38. The molecule has 4 heteroatoms. The standard InChI is InChI=1S/C26H20N2O2/c1-17-13-22-23(14-18(17)2)30-24(26(22)29)15-20-16-28(21-11-7-4-8-12-21)27-25(20)19-9-5-3-6-10-19/h3-16H,1-2H3/b24-15-. The Hall–Kier alpha value is -3.92. The van der Waals surface area contributed by atoms with Gasteiger partial charge in [0.25, 0.3) is 0 Å². The van der Waals surface area contributed by atoms with Gasteiger partial charge in [0.2, 0.25) is 5.78 Å². The van der Waals surface area contributed by atoms with Crippen LogP contribution in [0.3, 0.4) is 0 Å². The maximum Gasteiger partial charge on any atom is 0.231 e. The molecule has 0 unspecified atom stereocenters. The highest BCUT2D eigenvalue weighted by molar-refractivity contribution is 6.14. The van der Waals surface area contributed by atoms with E-state index in [0.29, 0.717) is 17.1 Å². The molecule has 30 heavy (non-hydrogen) atoms. The zero-order chi connectivity index (χ0) is 20.7. The molecule has 0 fully saturated rings. The van der Waals surface area contributed by atoms with Crippen molar-refractivity contribution in [2.24, 2.45) is 0 Å². The van der Waals surface area contributed by atoms with Crippen LogP contribution in [0.15, 0.2) is 84.8 Å². The summed E-state index contributed by atoms with van der Waals surface area (Å²) in [4.78, 5) is 13.0. The van der Waals surface area contributed by atoms with Gasteiger partial charge < -0.3 is 4.74 Å². The fraction of sp³-hybridized carbons (Fsp3) is 0.0769. The lowest BCUT2D eigenvalue weighted by Crippen LogP contribution is -1.98. The van der Waals surface area contributed by atoms with Gasteiger partial charge in [-0.2, -0.15) is 5.10 Å². The molecule has 0 N–H and O–H groups in total. The smallest absolute Gasteiger partial charge is 0.231 e. The molecular weight excluding hydrogens is 372 g/mol. The predicted octanol–water partition coefficient (Wildman–Crippen LogP) is 5.77. The first-order chi connectivity index (χ1) is 14.6. The summed E-state index contributed by atoms with van der Waals surface area (Å²) in [7, 11) is 0. The third kappa shape index (κ3) is 3.12. The Morgan fingerprint density at radius 1 is 0.900 bits per heavy atom. The molecular formula is C26H20N2O2. The van der Waals surface area contributed by atoms with Crippen molar-refractivity contribution in [3.05, 3.63) is 107 Å². The van der Waals surface area contributed by atoms with E-state index in [1.807, 2.05) is 97.5 Å². The van der Waals surface area contributed by atoms with Gasteiger partial charge in [0.05, 0.1) is 11.3 Å². The predicted molar refractivity (Wildman–Crippen MR) is 118 cm³/mol. The van der Waals surface area contributed by atoms with Crippen molar-refractivity contribution in [3.63, 3.8) is 0 Å². The topological polar surface area (TPSA) is 44.1 Å². The minimum atomic E-state index is -0.0976. The summed E-state index contributed by atoms with van der Waals surface area (Å²) in [5, 5.41) is 4.80. The molecule has 0 amide bonds. The highest BCUT2D eigenvalue weighted by atomic mass is 16.5. The molecule has 0 radical (unpaired) electrons. The first kappa shape index (κ1) is 18.1. The second kappa shape index (κ2) is 7.16. The number of carbonyl (C=O) groups excluding carboxylic acids is 1. The molecule has 0 spiro atoms. The van der Waals surface area contributed by atoms with E-state index in [4.69, 9.17) is 9.84 Å². The summed E-state index contributed by atoms with van der Waals surface area (Å²) in [6, 6.07) is 23.7. The fourth-order valence-corrected chi connectivity index (χ4v) is 3.61. The molecule has 4 aromatic rings. The van der Waals surface area contributed by atoms with Gasteiger partial charge in [0.15, 0.2) is 5.76 Å². The number of benzene rings is 3. The average Bonchev–Trinajstić information content (AvgIpc) is 3.32. The van der Waals surface area contributed by atoms with Crippen molar-refractivity contribution in [2.45, 2.75) is 13.8 Å². The van der Waals surface area contributed by atoms with E-state index in [9.17, 15) is 4.79 Å². The number of fused-ring (bicyclic) bond motifs is 1. The van der Waals surface area contributed by atoms with Crippen LogP contribution in [0.1, 0.15) is 27.0 Å². The van der Waals surface area contributed by atoms with Gasteiger partial charge >= 0.3 is 0 Å². The lowest BCUT2D eigenvalue weighted by Gasteiger charge is -2.02. The van der Waals surface area contributed by atoms with Gasteiger partial charge in [-0.25, -0.2) is 4.68 Å². The molecule has 146 valence electrons. The van der Waals surface area contributed by atoms with Gasteiger partial charge in [0.1, 0.15) is 11.4 Å². The van der Waals surface area contributed by atoms with E-state index in [0.717, 1.165) is 33.6 Å². The number of para-hydroxylation sites is 1. The van der Waals surface area contributed by atoms with E-state index >= 15 is 0 Å². The Morgan fingerprint density at radius 2 is 1.57 bits per heavy atom. The number of ether oxygens (including phenoxy) is 1. The summed E-state index contributed by atoms with van der Waals surface area (Å²) in [6.45, 7) is 4.02. The number of hydrogen-bond acceptors (Lipinski definition) is 3. The largest absolute Gasteiger partial charge is 0.452 e. The van der Waals surface area contributed by atoms with Crippen LogP contribution in [-0.2, 0) is 0 Å². The molecule has 1 aromatic heterocycles. The van der Waals surface area contributed by atoms with Crippen LogP contribution < -0.4 is 4.74 Å². The lowest BCUT2D eigenvalue weighted by molar-refractivity contribution is 0.101. The summed E-state index contributed by atoms with van der Waals surface area (Å²) in [6.07, 6.45) is 3.72. The Bertz CT molecular complexity index is 1290. The number of nitrogens with zero attached hydrogens (tertiary/aromatic N) is 2. The Balaban J connectivity index is 1.62. The van der Waals surface area contributed by atoms with Crippen LogP contribution in [0.25, 0.3) is 23.0 Å². The van der Waals surface area contributed by atoms with Gasteiger partial charge in [-0.15, -0.1) is 0 Å². The second-order valence-electron chi connectivity index (χ2n) is 7.45. The maximum absolute atomic E-state index is 13.0. The minimum Gasteiger partial charge on any atom is -0.452 e. The monoisotopic (exact) mass is 392 g/mol. The quantitative estimate of drug-likeness (QED) is 0.416. The molecule has 5 rings (SSSR count). The Morgan fingerprint density at radius 3 is 2.30 bits per heavy atom. The molecule has 0 atom stereocenters. The first-order valence-electron chi connectivity index (χ1n) is 9.86. The normalized spacial score (nSPS) is 14.1. The van der Waals surface area contributed by atoms with E-state index in [-0.39, 0.29) is 5.78 Å². The highest BCUT2D eigenvalue weighted by Gasteiger charge is 2.28. The molecule has 4 nitrogen and oxygen atoms in total. The van der Waals surface area contributed by atoms with Crippen LogP contribution in [-0.4, -0.2) is 15.6 Å². The van der Waals surface area contributed by atoms with Crippen molar-refractivity contribution in [1.29, 1.82) is 0 Å². The average molecular weight is 392 g/mol. The van der Waals surface area contributed by atoms with Gasteiger partial charge in [0, 0.05) is 17.3 Å². The second-order valence-corrected chi connectivity index (χ2v) is 7.45. The molecule has 0 saturated carbocycles. The first-order valence-corrected chi connectivity index (χ1v) is 9.86. The van der Waals surface area contributed by atoms with Crippen molar-refractivity contribution in [2.75, 3.05) is 0 Å². The summed E-state index contributed by atoms with van der Waals surface area (Å²) < 4.78 is 7.77. The van der Waals surface area contributed by atoms with Crippen molar-refractivity contribution in [3.8, 4) is 22.7 Å². The van der Waals surface area contributed by atoms with Crippen LogP contribution in [0.2, 0.25) is 0 Å². The number of hydrogen-bond donors (Lipinski definition) is 0. The van der Waals surface area contributed by atoms with E-state index in [1.165, 1.54) is 0 Å². The van der Waals surface area contributed by atoms with Crippen LogP contribution >= 0.6 is 0 Å². The summed E-state index contributed by atoms with van der Waals surface area (Å²) >= 11 is 0. The lowest BCUT2D eigenvalue weighted by atomic mass is 10.0. The number of aryl methyl sites for hydroxylation is 2. The number of aromatic nitrogens is 2. The van der Waals surface area contributed by atoms with Crippen molar-refractivity contribution < 1.29 is 9.53 Å². The zero-order valence-corrected chi connectivity index (χ0v) is 16.8. The Labute approximate surface area is 175 Å². The van der Waals surface area contributed by atoms with E-state index in [1.54, 1.807) is 6.08 Å². The number of allylic oxidation sites excluding steroid dienone is 1. The molecule has 0 aliphatic carbocycles. The van der Waals surface area contributed by atoms with Crippen LogP contribution in [0.4, 0.5) is 0 Å². The van der Waals surface area contributed by atoms with Crippen LogP contribution in [0.5, 0.6) is 5.75 Å². The molecule has 0 bridgehead atoms. The number of rotatable bonds is 3. The molecule has 1 aliphatic heterocycles.